The van der Waals surface area contributed by atoms with Crippen molar-refractivity contribution in [2.24, 2.45) is 0 Å². The largest absolute Gasteiger partial charge is 0.437 e. The Kier molecular flexibility index (Phi) is 2.79. The van der Waals surface area contributed by atoms with Gasteiger partial charge in [-0.2, -0.15) is 5.48 Å². The van der Waals surface area contributed by atoms with Crippen LogP contribution in [-0.2, 0) is 4.76 Å². The van der Waals surface area contributed by atoms with Crippen molar-refractivity contribution in [3.05, 3.63) is 66.0 Å². The molecule has 1 aliphatic heterocycles. The standard InChI is InChI=1S/C13H12BFN2O/c15-12-8-6-11(7-9-12)14-16-13(17-18-14)10-4-2-1-3-5-10/h1-9,13,16-17H/i13D. The Labute approximate surface area is 106 Å². The molecular formula is C13H12BFN2O. The summed E-state index contributed by atoms with van der Waals surface area (Å²) in [5.41, 5.74) is 4.19. The fraction of sp³-hybridized carbons (Fsp3) is 0.0769. The molecule has 3 rings (SSSR count). The molecule has 1 heterocycles. The van der Waals surface area contributed by atoms with E-state index < -0.39 is 13.2 Å². The van der Waals surface area contributed by atoms with E-state index in [2.05, 4.69) is 10.7 Å². The van der Waals surface area contributed by atoms with E-state index in [1.165, 1.54) is 12.1 Å². The van der Waals surface area contributed by atoms with E-state index in [1.807, 2.05) is 30.3 Å². The van der Waals surface area contributed by atoms with Gasteiger partial charge in [-0.05, 0) is 23.2 Å². The average molecular weight is 243 g/mol. The molecule has 1 unspecified atom stereocenters. The zero-order chi connectivity index (χ0) is 13.3. The molecule has 3 nitrogen and oxygen atoms in total. The van der Waals surface area contributed by atoms with E-state index in [0.717, 1.165) is 11.0 Å². The van der Waals surface area contributed by atoms with E-state index in [0.29, 0.717) is 0 Å². The highest BCUT2D eigenvalue weighted by Crippen LogP contribution is 2.13. The van der Waals surface area contributed by atoms with Crippen LogP contribution >= 0.6 is 0 Å². The zero-order valence-corrected chi connectivity index (χ0v) is 9.56. The highest BCUT2D eigenvalue weighted by atomic mass is 19.1. The first kappa shape index (κ1) is 10.3. The van der Waals surface area contributed by atoms with Crippen molar-refractivity contribution in [1.82, 2.24) is 10.7 Å². The van der Waals surface area contributed by atoms with Gasteiger partial charge in [0.2, 0.25) is 0 Å². The van der Waals surface area contributed by atoms with Gasteiger partial charge in [0, 0.05) is 0 Å². The molecule has 2 aromatic rings. The van der Waals surface area contributed by atoms with E-state index in [-0.39, 0.29) is 5.82 Å². The number of hydrogen-bond donors (Lipinski definition) is 2. The van der Waals surface area contributed by atoms with Crippen molar-refractivity contribution >= 4 is 12.5 Å². The summed E-state index contributed by atoms with van der Waals surface area (Å²) in [7, 11) is -0.488. The van der Waals surface area contributed by atoms with Crippen LogP contribution in [0.15, 0.2) is 54.6 Å². The van der Waals surface area contributed by atoms with Crippen LogP contribution in [0.2, 0.25) is 0 Å². The Morgan fingerprint density at radius 2 is 1.83 bits per heavy atom. The van der Waals surface area contributed by atoms with Crippen LogP contribution in [0.4, 0.5) is 4.39 Å². The van der Waals surface area contributed by atoms with Crippen molar-refractivity contribution in [2.75, 3.05) is 0 Å². The summed E-state index contributed by atoms with van der Waals surface area (Å²) >= 11 is 0. The predicted octanol–water partition coefficient (Wildman–Crippen LogP) is 1.34. The zero-order valence-electron chi connectivity index (χ0n) is 10.6. The topological polar surface area (TPSA) is 33.3 Å². The molecule has 0 aliphatic carbocycles. The molecule has 18 heavy (non-hydrogen) atoms. The Bertz CT molecular complexity index is 569. The van der Waals surface area contributed by atoms with Crippen LogP contribution in [0.5, 0.6) is 0 Å². The molecule has 0 bridgehead atoms. The second-order valence-electron chi connectivity index (χ2n) is 4.04. The van der Waals surface area contributed by atoms with E-state index in [1.54, 1.807) is 12.1 Å². The van der Waals surface area contributed by atoms with Gasteiger partial charge in [0.05, 0.1) is 7.51 Å². The second-order valence-corrected chi connectivity index (χ2v) is 4.04. The molecule has 2 aromatic carbocycles. The van der Waals surface area contributed by atoms with Crippen LogP contribution in [-0.4, -0.2) is 7.05 Å². The third-order valence-corrected chi connectivity index (χ3v) is 2.79. The SMILES string of the molecule is [2H]C1(c2ccccc2)NOB(c2ccc(F)cc2)N1. The van der Waals surface area contributed by atoms with Crippen LogP contribution in [0.1, 0.15) is 13.1 Å². The summed E-state index contributed by atoms with van der Waals surface area (Å²) in [5.74, 6) is -0.296. The van der Waals surface area contributed by atoms with Gasteiger partial charge >= 0.3 is 7.05 Å². The quantitative estimate of drug-likeness (QED) is 0.781. The van der Waals surface area contributed by atoms with E-state index >= 15 is 0 Å². The van der Waals surface area contributed by atoms with Gasteiger partial charge in [-0.1, -0.05) is 42.5 Å². The Balaban J connectivity index is 1.82. The highest BCUT2D eigenvalue weighted by molar-refractivity contribution is 6.65. The first-order valence-corrected chi connectivity index (χ1v) is 5.69. The molecule has 0 amide bonds. The lowest BCUT2D eigenvalue weighted by Crippen LogP contribution is -2.42. The Morgan fingerprint density at radius 3 is 2.56 bits per heavy atom. The molecule has 1 aliphatic rings. The molecule has 0 spiro atoms. The lowest BCUT2D eigenvalue weighted by molar-refractivity contribution is 0.201. The molecule has 2 N–H and O–H groups in total. The maximum Gasteiger partial charge on any atom is 0.437 e. The molecule has 0 aromatic heterocycles. The highest BCUT2D eigenvalue weighted by Gasteiger charge is 2.31. The predicted molar refractivity (Wildman–Crippen MR) is 68.3 cm³/mol. The Hall–Kier alpha value is -1.69. The smallest absolute Gasteiger partial charge is 0.333 e. The van der Waals surface area contributed by atoms with Crippen molar-refractivity contribution in [1.29, 1.82) is 0 Å². The van der Waals surface area contributed by atoms with Crippen molar-refractivity contribution in [3.8, 4) is 0 Å². The minimum absolute atomic E-state index is 0.296. The number of rotatable bonds is 2. The number of nitrogens with one attached hydrogen (secondary N) is 2. The minimum atomic E-state index is -1.21. The van der Waals surface area contributed by atoms with Crippen LogP contribution < -0.4 is 16.2 Å². The number of halogens is 1. The van der Waals surface area contributed by atoms with Crippen LogP contribution in [0.3, 0.4) is 0 Å². The summed E-state index contributed by atoms with van der Waals surface area (Å²) in [6.45, 7) is 0. The molecular weight excluding hydrogens is 230 g/mol. The van der Waals surface area contributed by atoms with Gasteiger partial charge < -0.3 is 9.98 Å². The third-order valence-electron chi connectivity index (χ3n) is 2.79. The van der Waals surface area contributed by atoms with Gasteiger partial charge in [-0.25, -0.2) is 4.39 Å². The molecule has 0 radical (unpaired) electrons. The molecule has 90 valence electrons. The molecule has 5 heteroatoms. The summed E-state index contributed by atoms with van der Waals surface area (Å²) in [6.07, 6.45) is -1.21. The van der Waals surface area contributed by atoms with Crippen LogP contribution in [0.25, 0.3) is 0 Å². The first-order chi connectivity index (χ1) is 9.17. The number of benzene rings is 2. The Morgan fingerprint density at radius 1 is 1.11 bits per heavy atom. The number of hydroxylamine groups is 1. The van der Waals surface area contributed by atoms with E-state index in [4.69, 9.17) is 6.13 Å². The maximum absolute atomic E-state index is 12.9. The van der Waals surface area contributed by atoms with Crippen LogP contribution in [0, 0.1) is 5.82 Å². The maximum atomic E-state index is 12.9. The second kappa shape index (κ2) is 4.90. The van der Waals surface area contributed by atoms with Crippen molar-refractivity contribution in [2.45, 2.75) is 6.14 Å². The monoisotopic (exact) mass is 243 g/mol. The fourth-order valence-electron chi connectivity index (χ4n) is 1.84. The summed E-state index contributed by atoms with van der Waals surface area (Å²) in [5, 5.41) is 3.03. The molecule has 1 fully saturated rings. The summed E-state index contributed by atoms with van der Waals surface area (Å²) in [4.78, 5) is 0. The summed E-state index contributed by atoms with van der Waals surface area (Å²) < 4.78 is 26.6. The third kappa shape index (κ3) is 2.29. The first-order valence-electron chi connectivity index (χ1n) is 6.19. The molecule has 1 saturated heterocycles. The van der Waals surface area contributed by atoms with Gasteiger partial charge in [-0.3, -0.25) is 0 Å². The lowest BCUT2D eigenvalue weighted by atomic mass is 9.74. The van der Waals surface area contributed by atoms with Gasteiger partial charge in [-0.15, -0.1) is 0 Å². The van der Waals surface area contributed by atoms with E-state index in [9.17, 15) is 4.39 Å². The van der Waals surface area contributed by atoms with Gasteiger partial charge in [0.1, 0.15) is 5.82 Å². The molecule has 0 saturated carbocycles. The van der Waals surface area contributed by atoms with Gasteiger partial charge in [0.15, 0.2) is 0 Å². The van der Waals surface area contributed by atoms with Crippen molar-refractivity contribution < 1.29 is 10.5 Å². The average Bonchev–Trinajstić information content (AvgIpc) is 2.85. The normalized spacial score (nSPS) is 24.1. The fourth-order valence-corrected chi connectivity index (χ4v) is 1.84. The summed E-state index contributed by atoms with van der Waals surface area (Å²) in [6, 6.07) is 15.3. The van der Waals surface area contributed by atoms with Gasteiger partial charge in [0.25, 0.3) is 0 Å². The molecule has 1 atom stereocenters. The van der Waals surface area contributed by atoms with Crippen molar-refractivity contribution in [3.63, 3.8) is 0 Å². The number of hydrogen-bond acceptors (Lipinski definition) is 3. The minimum Gasteiger partial charge on any atom is -0.333 e. The lowest BCUT2D eigenvalue weighted by Gasteiger charge is -2.09.